The molecule has 0 atom stereocenters. The topological polar surface area (TPSA) is 33.6 Å². The summed E-state index contributed by atoms with van der Waals surface area (Å²) in [5, 5.41) is 2.97. The van der Waals surface area contributed by atoms with Crippen LogP contribution in [0.1, 0.15) is 5.56 Å². The lowest BCUT2D eigenvalue weighted by Crippen LogP contribution is -2.24. The second-order valence-electron chi connectivity index (χ2n) is 3.57. The fraction of sp³-hybridized carbons (Fsp3) is 0.364. The van der Waals surface area contributed by atoms with Crippen LogP contribution < -0.4 is 10.1 Å². The monoisotopic (exact) mass is 244 g/mol. The molecule has 1 aliphatic rings. The van der Waals surface area contributed by atoms with Crippen LogP contribution in [0.4, 0.5) is 13.2 Å². The smallest absolute Gasteiger partial charge is 0.416 e. The quantitative estimate of drug-likeness (QED) is 0.883. The summed E-state index contributed by atoms with van der Waals surface area (Å²) < 4.78 is 42.5. The molecule has 1 heterocycles. The van der Waals surface area contributed by atoms with Crippen LogP contribution in [-0.4, -0.2) is 25.5 Å². The van der Waals surface area contributed by atoms with Crippen molar-refractivity contribution in [2.24, 2.45) is 4.99 Å². The summed E-state index contributed by atoms with van der Waals surface area (Å²) in [6.07, 6.45) is -4.34. The average Bonchev–Trinajstić information content (AvgIpc) is 2.78. The van der Waals surface area contributed by atoms with Crippen molar-refractivity contribution in [1.82, 2.24) is 5.32 Å². The van der Waals surface area contributed by atoms with Crippen LogP contribution in [-0.2, 0) is 6.18 Å². The van der Waals surface area contributed by atoms with Crippen molar-refractivity contribution in [3.8, 4) is 5.75 Å². The van der Waals surface area contributed by atoms with Gasteiger partial charge in [0.1, 0.15) is 18.2 Å². The Morgan fingerprint density at radius 3 is 2.82 bits per heavy atom. The summed E-state index contributed by atoms with van der Waals surface area (Å²) in [7, 11) is 0. The number of rotatable bonds is 3. The molecule has 0 radical (unpaired) electrons. The number of ether oxygens (including phenoxy) is 1. The standard InChI is InChI=1S/C11H11F3N2O/c12-11(13,14)8-2-1-3-9(6-8)17-7-10-15-4-5-16-10/h1-3,6H,4-5,7H2,(H,15,16). The third kappa shape index (κ3) is 3.12. The van der Waals surface area contributed by atoms with Gasteiger partial charge in [-0.3, -0.25) is 4.99 Å². The molecule has 17 heavy (non-hydrogen) atoms. The Morgan fingerprint density at radius 2 is 2.18 bits per heavy atom. The Bertz CT molecular complexity index is 429. The number of nitrogens with one attached hydrogen (secondary N) is 1. The molecule has 0 aliphatic carbocycles. The number of benzene rings is 1. The highest BCUT2D eigenvalue weighted by atomic mass is 19.4. The molecule has 0 unspecified atom stereocenters. The fourth-order valence-corrected chi connectivity index (χ4v) is 1.46. The van der Waals surface area contributed by atoms with Gasteiger partial charge in [0.05, 0.1) is 12.1 Å². The van der Waals surface area contributed by atoms with Crippen LogP contribution in [0.3, 0.4) is 0 Å². The van der Waals surface area contributed by atoms with Crippen LogP contribution in [0.2, 0.25) is 0 Å². The summed E-state index contributed by atoms with van der Waals surface area (Å²) in [5.74, 6) is 0.860. The molecule has 1 aliphatic heterocycles. The third-order valence-corrected chi connectivity index (χ3v) is 2.28. The molecule has 1 aromatic rings. The molecule has 0 amide bonds. The van der Waals surface area contributed by atoms with Crippen LogP contribution in [0.15, 0.2) is 29.3 Å². The zero-order chi connectivity index (χ0) is 12.3. The van der Waals surface area contributed by atoms with Crippen molar-refractivity contribution < 1.29 is 17.9 Å². The van der Waals surface area contributed by atoms with E-state index in [0.29, 0.717) is 12.4 Å². The van der Waals surface area contributed by atoms with Gasteiger partial charge in [0.2, 0.25) is 0 Å². The molecule has 0 saturated carbocycles. The molecule has 92 valence electrons. The van der Waals surface area contributed by atoms with E-state index in [1.165, 1.54) is 12.1 Å². The molecule has 1 aromatic carbocycles. The Labute approximate surface area is 96.3 Å². The van der Waals surface area contributed by atoms with Gasteiger partial charge in [0.25, 0.3) is 0 Å². The lowest BCUT2D eigenvalue weighted by molar-refractivity contribution is -0.137. The highest BCUT2D eigenvalue weighted by Crippen LogP contribution is 2.31. The number of halogens is 3. The van der Waals surface area contributed by atoms with Crippen molar-refractivity contribution in [2.75, 3.05) is 19.7 Å². The highest BCUT2D eigenvalue weighted by Gasteiger charge is 2.30. The van der Waals surface area contributed by atoms with Crippen molar-refractivity contribution in [3.05, 3.63) is 29.8 Å². The maximum atomic E-state index is 12.4. The Kier molecular flexibility index (Phi) is 3.21. The minimum absolute atomic E-state index is 0.168. The van der Waals surface area contributed by atoms with Crippen LogP contribution >= 0.6 is 0 Å². The zero-order valence-electron chi connectivity index (χ0n) is 8.92. The number of amidine groups is 1. The Morgan fingerprint density at radius 1 is 1.35 bits per heavy atom. The van der Waals surface area contributed by atoms with Gasteiger partial charge in [0.15, 0.2) is 0 Å². The van der Waals surface area contributed by atoms with Gasteiger partial charge in [-0.25, -0.2) is 0 Å². The number of hydrogen-bond acceptors (Lipinski definition) is 3. The SMILES string of the molecule is FC(F)(F)c1cccc(OCC2=NCCN2)c1. The summed E-state index contributed by atoms with van der Waals surface area (Å²) in [6, 6.07) is 4.81. The van der Waals surface area contributed by atoms with Gasteiger partial charge >= 0.3 is 6.18 Å². The zero-order valence-corrected chi connectivity index (χ0v) is 8.92. The van der Waals surface area contributed by atoms with Crippen molar-refractivity contribution >= 4 is 5.84 Å². The first-order valence-electron chi connectivity index (χ1n) is 5.13. The molecule has 6 heteroatoms. The summed E-state index contributed by atoms with van der Waals surface area (Å²) >= 11 is 0. The molecule has 0 fully saturated rings. The van der Waals surface area contributed by atoms with E-state index in [0.717, 1.165) is 18.7 Å². The molecular formula is C11H11F3N2O. The first kappa shape index (κ1) is 11.8. The number of nitrogens with zero attached hydrogens (tertiary/aromatic N) is 1. The van der Waals surface area contributed by atoms with Crippen molar-refractivity contribution in [3.63, 3.8) is 0 Å². The van der Waals surface area contributed by atoms with Crippen LogP contribution in [0, 0.1) is 0 Å². The summed E-state index contributed by atoms with van der Waals surface area (Å²) in [6.45, 7) is 1.60. The van der Waals surface area contributed by atoms with E-state index >= 15 is 0 Å². The van der Waals surface area contributed by atoms with Crippen LogP contribution in [0.5, 0.6) is 5.75 Å². The Balaban J connectivity index is 2.01. The molecule has 0 spiro atoms. The van der Waals surface area contributed by atoms with Crippen LogP contribution in [0.25, 0.3) is 0 Å². The molecule has 2 rings (SSSR count). The van der Waals surface area contributed by atoms with E-state index in [-0.39, 0.29) is 12.4 Å². The highest BCUT2D eigenvalue weighted by molar-refractivity contribution is 5.84. The number of hydrogen-bond donors (Lipinski definition) is 1. The van der Waals surface area contributed by atoms with E-state index in [1.807, 2.05) is 0 Å². The minimum Gasteiger partial charge on any atom is -0.486 e. The Hall–Kier alpha value is -1.72. The van der Waals surface area contributed by atoms with Gasteiger partial charge in [-0.05, 0) is 18.2 Å². The van der Waals surface area contributed by atoms with Gasteiger partial charge in [-0.15, -0.1) is 0 Å². The van der Waals surface area contributed by atoms with Gasteiger partial charge in [0, 0.05) is 6.54 Å². The summed E-state index contributed by atoms with van der Waals surface area (Å²) in [5.41, 5.74) is -0.712. The maximum absolute atomic E-state index is 12.4. The first-order chi connectivity index (χ1) is 8.05. The average molecular weight is 244 g/mol. The van der Waals surface area contributed by atoms with Crippen molar-refractivity contribution in [1.29, 1.82) is 0 Å². The lowest BCUT2D eigenvalue weighted by Gasteiger charge is -2.10. The molecule has 0 aromatic heterocycles. The largest absolute Gasteiger partial charge is 0.486 e. The predicted octanol–water partition coefficient (Wildman–Crippen LogP) is 2.09. The molecule has 3 nitrogen and oxygen atoms in total. The van der Waals surface area contributed by atoms with Gasteiger partial charge in [-0.2, -0.15) is 13.2 Å². The van der Waals surface area contributed by atoms with Crippen molar-refractivity contribution in [2.45, 2.75) is 6.18 Å². The van der Waals surface area contributed by atoms with E-state index in [9.17, 15) is 13.2 Å². The second-order valence-corrected chi connectivity index (χ2v) is 3.57. The van der Waals surface area contributed by atoms with E-state index in [2.05, 4.69) is 10.3 Å². The fourth-order valence-electron chi connectivity index (χ4n) is 1.46. The van der Waals surface area contributed by atoms with E-state index < -0.39 is 11.7 Å². The predicted molar refractivity (Wildman–Crippen MR) is 57.2 cm³/mol. The maximum Gasteiger partial charge on any atom is 0.416 e. The van der Waals surface area contributed by atoms with E-state index in [1.54, 1.807) is 0 Å². The number of alkyl halides is 3. The molecular weight excluding hydrogens is 233 g/mol. The molecule has 0 bridgehead atoms. The molecule has 1 N–H and O–H groups in total. The minimum atomic E-state index is -4.34. The van der Waals surface area contributed by atoms with Gasteiger partial charge < -0.3 is 10.1 Å². The lowest BCUT2D eigenvalue weighted by atomic mass is 10.2. The summed E-state index contributed by atoms with van der Waals surface area (Å²) in [4.78, 5) is 4.08. The molecule has 0 saturated heterocycles. The normalized spacial score (nSPS) is 15.4. The first-order valence-corrected chi connectivity index (χ1v) is 5.13. The van der Waals surface area contributed by atoms with Gasteiger partial charge in [-0.1, -0.05) is 6.07 Å². The second kappa shape index (κ2) is 4.65. The number of aliphatic imine (C=N–C) groups is 1. The van der Waals surface area contributed by atoms with E-state index in [4.69, 9.17) is 4.74 Å². The third-order valence-electron chi connectivity index (χ3n) is 2.28.